The van der Waals surface area contributed by atoms with Gasteiger partial charge in [-0.1, -0.05) is 11.6 Å². The fourth-order valence-corrected chi connectivity index (χ4v) is 2.66. The van der Waals surface area contributed by atoms with E-state index in [0.717, 1.165) is 30.0 Å². The van der Waals surface area contributed by atoms with Gasteiger partial charge in [-0.2, -0.15) is 0 Å². The molecule has 4 nitrogen and oxygen atoms in total. The Bertz CT molecular complexity index is 489. The van der Waals surface area contributed by atoms with Gasteiger partial charge >= 0.3 is 0 Å². The Morgan fingerprint density at radius 3 is 3.12 bits per heavy atom. The molecule has 90 valence electrons. The topological polar surface area (TPSA) is 44.4 Å². The SMILES string of the molecule is Cc1c(Cl)ccc2c1NC(=O)C1CNCCN21. The molecule has 17 heavy (non-hydrogen) atoms. The van der Waals surface area contributed by atoms with E-state index in [4.69, 9.17) is 11.6 Å². The highest BCUT2D eigenvalue weighted by atomic mass is 35.5. The molecule has 0 spiro atoms. The van der Waals surface area contributed by atoms with Crippen LogP contribution >= 0.6 is 11.6 Å². The molecule has 0 aromatic heterocycles. The Balaban J connectivity index is 2.12. The van der Waals surface area contributed by atoms with Gasteiger partial charge in [0.05, 0.1) is 11.4 Å². The molecular weight excluding hydrogens is 238 g/mol. The monoisotopic (exact) mass is 251 g/mol. The summed E-state index contributed by atoms with van der Waals surface area (Å²) >= 11 is 6.09. The third kappa shape index (κ3) is 1.59. The molecule has 1 saturated heterocycles. The Morgan fingerprint density at radius 1 is 1.47 bits per heavy atom. The van der Waals surface area contributed by atoms with Crippen molar-refractivity contribution in [2.24, 2.45) is 0 Å². The first-order valence-electron chi connectivity index (χ1n) is 5.76. The van der Waals surface area contributed by atoms with E-state index in [9.17, 15) is 4.79 Å². The minimum absolute atomic E-state index is 0.0510. The van der Waals surface area contributed by atoms with E-state index in [1.54, 1.807) is 0 Å². The van der Waals surface area contributed by atoms with Crippen LogP contribution in [0.15, 0.2) is 12.1 Å². The normalized spacial score (nSPS) is 22.8. The zero-order valence-corrected chi connectivity index (χ0v) is 10.3. The lowest BCUT2D eigenvalue weighted by molar-refractivity contribution is -0.117. The first kappa shape index (κ1) is 10.9. The number of carbonyl (C=O) groups excluding carboxylic acids is 1. The molecule has 3 rings (SSSR count). The van der Waals surface area contributed by atoms with Crippen LogP contribution in [0.5, 0.6) is 0 Å². The second-order valence-corrected chi connectivity index (χ2v) is 4.88. The van der Waals surface area contributed by atoms with Gasteiger partial charge < -0.3 is 15.5 Å². The van der Waals surface area contributed by atoms with Crippen molar-refractivity contribution in [1.82, 2.24) is 5.32 Å². The fourth-order valence-electron chi connectivity index (χ4n) is 2.50. The van der Waals surface area contributed by atoms with Crippen molar-refractivity contribution in [2.45, 2.75) is 13.0 Å². The summed E-state index contributed by atoms with van der Waals surface area (Å²) in [4.78, 5) is 14.2. The Kier molecular flexibility index (Phi) is 2.49. The van der Waals surface area contributed by atoms with Gasteiger partial charge in [0.25, 0.3) is 0 Å². The highest BCUT2D eigenvalue weighted by Gasteiger charge is 2.35. The van der Waals surface area contributed by atoms with Crippen LogP contribution in [0.2, 0.25) is 5.02 Å². The van der Waals surface area contributed by atoms with Crippen molar-refractivity contribution in [1.29, 1.82) is 0 Å². The van der Waals surface area contributed by atoms with E-state index in [1.165, 1.54) is 0 Å². The Labute approximate surface area is 105 Å². The van der Waals surface area contributed by atoms with Crippen LogP contribution < -0.4 is 15.5 Å². The van der Waals surface area contributed by atoms with Gasteiger partial charge in [0.2, 0.25) is 5.91 Å². The molecule has 0 bridgehead atoms. The molecule has 0 radical (unpaired) electrons. The van der Waals surface area contributed by atoms with E-state index in [0.29, 0.717) is 11.6 Å². The quantitative estimate of drug-likeness (QED) is 0.732. The first-order valence-corrected chi connectivity index (χ1v) is 6.13. The number of piperazine rings is 1. The molecule has 1 fully saturated rings. The summed E-state index contributed by atoms with van der Waals surface area (Å²) in [5.74, 6) is 0.0510. The van der Waals surface area contributed by atoms with Gasteiger partial charge in [-0.25, -0.2) is 0 Å². The summed E-state index contributed by atoms with van der Waals surface area (Å²) in [5, 5.41) is 6.90. The standard InChI is InChI=1S/C12H14ClN3O/c1-7-8(13)2-3-9-11(7)15-12(17)10-6-14-4-5-16(9)10/h2-3,10,14H,4-6H2,1H3,(H,15,17). The summed E-state index contributed by atoms with van der Waals surface area (Å²) < 4.78 is 0. The number of anilines is 2. The number of nitrogens with zero attached hydrogens (tertiary/aromatic N) is 1. The minimum atomic E-state index is -0.100. The van der Waals surface area contributed by atoms with Crippen molar-refractivity contribution in [3.05, 3.63) is 22.7 Å². The maximum absolute atomic E-state index is 12.0. The lowest BCUT2D eigenvalue weighted by Crippen LogP contribution is -2.59. The molecule has 1 unspecified atom stereocenters. The number of nitrogens with one attached hydrogen (secondary N) is 2. The number of hydrogen-bond donors (Lipinski definition) is 2. The van der Waals surface area contributed by atoms with Crippen LogP contribution in [0.3, 0.4) is 0 Å². The third-order valence-electron chi connectivity index (χ3n) is 3.48. The predicted molar refractivity (Wildman–Crippen MR) is 68.8 cm³/mol. The predicted octanol–water partition coefficient (Wildman–Crippen LogP) is 1.38. The fraction of sp³-hybridized carbons (Fsp3) is 0.417. The van der Waals surface area contributed by atoms with Gasteiger partial charge in [-0.05, 0) is 24.6 Å². The number of rotatable bonds is 0. The Morgan fingerprint density at radius 2 is 2.29 bits per heavy atom. The van der Waals surface area contributed by atoms with Gasteiger partial charge in [-0.3, -0.25) is 4.79 Å². The van der Waals surface area contributed by atoms with Crippen LogP contribution in [-0.4, -0.2) is 31.6 Å². The molecule has 2 heterocycles. The number of benzene rings is 1. The average Bonchev–Trinajstić information content (AvgIpc) is 2.35. The van der Waals surface area contributed by atoms with Gasteiger partial charge in [-0.15, -0.1) is 0 Å². The van der Waals surface area contributed by atoms with Gasteiger partial charge in [0.1, 0.15) is 6.04 Å². The van der Waals surface area contributed by atoms with E-state index in [1.807, 2.05) is 19.1 Å². The zero-order chi connectivity index (χ0) is 12.0. The van der Waals surface area contributed by atoms with E-state index < -0.39 is 0 Å². The van der Waals surface area contributed by atoms with Crippen molar-refractivity contribution < 1.29 is 4.79 Å². The summed E-state index contributed by atoms with van der Waals surface area (Å²) in [6, 6.07) is 3.78. The lowest BCUT2D eigenvalue weighted by Gasteiger charge is -2.41. The summed E-state index contributed by atoms with van der Waals surface area (Å²) in [7, 11) is 0. The highest BCUT2D eigenvalue weighted by Crippen LogP contribution is 2.38. The van der Waals surface area contributed by atoms with Gasteiger partial charge in [0, 0.05) is 24.7 Å². The lowest BCUT2D eigenvalue weighted by atomic mass is 10.0. The van der Waals surface area contributed by atoms with Crippen LogP contribution in [0.1, 0.15) is 5.56 Å². The largest absolute Gasteiger partial charge is 0.356 e. The number of fused-ring (bicyclic) bond motifs is 3. The molecule has 2 N–H and O–H groups in total. The number of amides is 1. The number of hydrogen-bond acceptors (Lipinski definition) is 3. The van der Waals surface area contributed by atoms with Crippen molar-refractivity contribution in [3.63, 3.8) is 0 Å². The van der Waals surface area contributed by atoms with Crippen LogP contribution in [0.4, 0.5) is 11.4 Å². The van der Waals surface area contributed by atoms with Crippen molar-refractivity contribution in [3.8, 4) is 0 Å². The molecule has 0 saturated carbocycles. The third-order valence-corrected chi connectivity index (χ3v) is 3.89. The molecule has 1 atom stereocenters. The highest BCUT2D eigenvalue weighted by molar-refractivity contribution is 6.32. The number of halogens is 1. The van der Waals surface area contributed by atoms with E-state index in [2.05, 4.69) is 15.5 Å². The molecule has 1 amide bonds. The maximum Gasteiger partial charge on any atom is 0.248 e. The smallest absolute Gasteiger partial charge is 0.248 e. The zero-order valence-electron chi connectivity index (χ0n) is 9.59. The molecule has 0 aliphatic carbocycles. The summed E-state index contributed by atoms with van der Waals surface area (Å²) in [5.41, 5.74) is 2.88. The molecular formula is C12H14ClN3O. The molecule has 1 aromatic rings. The Hall–Kier alpha value is -1.26. The molecule has 5 heteroatoms. The van der Waals surface area contributed by atoms with Crippen LogP contribution in [0.25, 0.3) is 0 Å². The number of carbonyl (C=O) groups is 1. The molecule has 2 aliphatic rings. The maximum atomic E-state index is 12.0. The second kappa shape index (κ2) is 3.89. The average molecular weight is 252 g/mol. The summed E-state index contributed by atoms with van der Waals surface area (Å²) in [6.45, 7) is 4.40. The molecule has 1 aromatic carbocycles. The summed E-state index contributed by atoms with van der Waals surface area (Å²) in [6.07, 6.45) is 0. The van der Waals surface area contributed by atoms with Crippen LogP contribution in [0, 0.1) is 6.92 Å². The molecule has 2 aliphatic heterocycles. The second-order valence-electron chi connectivity index (χ2n) is 4.47. The van der Waals surface area contributed by atoms with Gasteiger partial charge in [0.15, 0.2) is 0 Å². The minimum Gasteiger partial charge on any atom is -0.356 e. The van der Waals surface area contributed by atoms with Crippen LogP contribution in [-0.2, 0) is 4.79 Å². The first-order chi connectivity index (χ1) is 8.18. The van der Waals surface area contributed by atoms with E-state index in [-0.39, 0.29) is 11.9 Å². The van der Waals surface area contributed by atoms with E-state index >= 15 is 0 Å². The van der Waals surface area contributed by atoms with Crippen molar-refractivity contribution in [2.75, 3.05) is 29.9 Å². The van der Waals surface area contributed by atoms with Crippen molar-refractivity contribution >= 4 is 28.9 Å².